The normalized spacial score (nSPS) is 15.0. The highest BCUT2D eigenvalue weighted by atomic mass is 32.2. The number of rotatable bonds is 7. The van der Waals surface area contributed by atoms with Crippen LogP contribution in [-0.2, 0) is 5.75 Å². The first kappa shape index (κ1) is 19.7. The maximum absolute atomic E-state index is 12.3. The van der Waals surface area contributed by atoms with Gasteiger partial charge < -0.3 is 5.32 Å². The van der Waals surface area contributed by atoms with E-state index >= 15 is 0 Å². The van der Waals surface area contributed by atoms with Crippen LogP contribution in [0, 0.1) is 6.92 Å². The Morgan fingerprint density at radius 1 is 1.08 bits per heavy atom. The number of nitrogens with one attached hydrogen (secondary N) is 1. The lowest BCUT2D eigenvalue weighted by atomic mass is 10.1. The molecule has 0 aliphatic carbocycles. The van der Waals surface area contributed by atoms with Crippen LogP contribution in [0.15, 0.2) is 48.5 Å². The fourth-order valence-electron chi connectivity index (χ4n) is 2.68. The molecular formula is C21H25NOS3. The van der Waals surface area contributed by atoms with Crippen molar-refractivity contribution in [3.8, 4) is 0 Å². The summed E-state index contributed by atoms with van der Waals surface area (Å²) in [4.78, 5) is 12.3. The highest BCUT2D eigenvalue weighted by Crippen LogP contribution is 2.43. The zero-order valence-corrected chi connectivity index (χ0v) is 17.5. The highest BCUT2D eigenvalue weighted by molar-refractivity contribution is 8.16. The van der Waals surface area contributed by atoms with Gasteiger partial charge in [0.1, 0.15) is 0 Å². The van der Waals surface area contributed by atoms with Crippen molar-refractivity contribution in [1.82, 2.24) is 5.32 Å². The number of amides is 1. The van der Waals surface area contributed by atoms with Crippen molar-refractivity contribution in [3.63, 3.8) is 0 Å². The van der Waals surface area contributed by atoms with Crippen LogP contribution in [0.3, 0.4) is 0 Å². The lowest BCUT2D eigenvalue weighted by molar-refractivity contribution is 0.0956. The Balaban J connectivity index is 1.38. The average Bonchev–Trinajstić information content (AvgIpc) is 2.70. The molecule has 2 aromatic carbocycles. The van der Waals surface area contributed by atoms with Crippen molar-refractivity contribution in [1.29, 1.82) is 0 Å². The lowest BCUT2D eigenvalue weighted by Gasteiger charge is -2.21. The van der Waals surface area contributed by atoms with Crippen LogP contribution in [-0.4, -0.2) is 29.7 Å². The van der Waals surface area contributed by atoms with E-state index < -0.39 is 0 Å². The molecule has 1 N–H and O–H groups in total. The van der Waals surface area contributed by atoms with E-state index in [4.69, 9.17) is 0 Å². The van der Waals surface area contributed by atoms with Crippen molar-refractivity contribution in [2.24, 2.45) is 0 Å². The van der Waals surface area contributed by atoms with Crippen LogP contribution < -0.4 is 5.32 Å². The molecule has 0 spiro atoms. The Hall–Kier alpha value is -1.04. The number of thioether (sulfide) groups is 3. The summed E-state index contributed by atoms with van der Waals surface area (Å²) in [7, 11) is 0. The molecule has 2 aromatic rings. The minimum atomic E-state index is 0.0245. The molecule has 0 unspecified atom stereocenters. The molecular weight excluding hydrogens is 378 g/mol. The predicted octanol–water partition coefficient (Wildman–Crippen LogP) is 5.53. The number of carbonyl (C=O) groups excluding carboxylic acids is 1. The van der Waals surface area contributed by atoms with Crippen molar-refractivity contribution in [3.05, 3.63) is 70.8 Å². The van der Waals surface area contributed by atoms with E-state index in [1.807, 2.05) is 47.4 Å². The van der Waals surface area contributed by atoms with Gasteiger partial charge in [-0.05, 0) is 48.1 Å². The summed E-state index contributed by atoms with van der Waals surface area (Å²) in [5.74, 6) is 4.41. The van der Waals surface area contributed by atoms with Crippen LogP contribution in [0.2, 0.25) is 0 Å². The molecule has 1 saturated heterocycles. The molecule has 1 aliphatic rings. The van der Waals surface area contributed by atoms with E-state index in [-0.39, 0.29) is 5.91 Å². The average molecular weight is 404 g/mol. The van der Waals surface area contributed by atoms with Gasteiger partial charge in [0.25, 0.3) is 5.91 Å². The van der Waals surface area contributed by atoms with E-state index in [2.05, 4.69) is 48.6 Å². The zero-order chi connectivity index (χ0) is 18.2. The van der Waals surface area contributed by atoms with Gasteiger partial charge in [-0.3, -0.25) is 4.79 Å². The van der Waals surface area contributed by atoms with E-state index in [1.165, 1.54) is 34.6 Å². The molecule has 1 fully saturated rings. The maximum Gasteiger partial charge on any atom is 0.251 e. The quantitative estimate of drug-likeness (QED) is 0.616. The maximum atomic E-state index is 12.3. The molecule has 1 amide bonds. The lowest BCUT2D eigenvalue weighted by Crippen LogP contribution is -2.25. The SMILES string of the molecule is Cc1ccc(CSCCNC(=O)c2ccc(C3SCCCS3)cc2)cc1. The molecule has 0 bridgehead atoms. The van der Waals surface area contributed by atoms with Gasteiger partial charge in [0.2, 0.25) is 0 Å². The molecule has 1 heterocycles. The number of hydrogen-bond donors (Lipinski definition) is 1. The number of hydrogen-bond acceptors (Lipinski definition) is 4. The summed E-state index contributed by atoms with van der Waals surface area (Å²) in [6.45, 7) is 2.80. The van der Waals surface area contributed by atoms with Crippen LogP contribution >= 0.6 is 35.3 Å². The van der Waals surface area contributed by atoms with Gasteiger partial charge in [0, 0.05) is 23.6 Å². The van der Waals surface area contributed by atoms with Gasteiger partial charge in [0.05, 0.1) is 4.58 Å². The molecule has 0 aromatic heterocycles. The third-order valence-electron chi connectivity index (χ3n) is 4.19. The Labute approximate surface area is 169 Å². The Morgan fingerprint density at radius 2 is 1.77 bits per heavy atom. The van der Waals surface area contributed by atoms with Gasteiger partial charge in [-0.1, -0.05) is 42.0 Å². The van der Waals surface area contributed by atoms with E-state index in [9.17, 15) is 4.79 Å². The molecule has 1 aliphatic heterocycles. The minimum absolute atomic E-state index is 0.0245. The first-order valence-electron chi connectivity index (χ1n) is 8.97. The largest absolute Gasteiger partial charge is 0.351 e. The second-order valence-corrected chi connectivity index (χ2v) is 10.2. The van der Waals surface area contributed by atoms with Crippen molar-refractivity contribution >= 4 is 41.2 Å². The highest BCUT2D eigenvalue weighted by Gasteiger charge is 2.16. The molecule has 26 heavy (non-hydrogen) atoms. The summed E-state index contributed by atoms with van der Waals surface area (Å²) in [6, 6.07) is 16.8. The molecule has 138 valence electrons. The fraction of sp³-hybridized carbons (Fsp3) is 0.381. The van der Waals surface area contributed by atoms with Crippen molar-refractivity contribution in [2.75, 3.05) is 23.8 Å². The minimum Gasteiger partial charge on any atom is -0.351 e. The van der Waals surface area contributed by atoms with Crippen LogP contribution in [0.5, 0.6) is 0 Å². The third-order valence-corrected chi connectivity index (χ3v) is 8.24. The van der Waals surface area contributed by atoms with Crippen LogP contribution in [0.1, 0.15) is 38.1 Å². The Kier molecular flexibility index (Phi) is 7.84. The van der Waals surface area contributed by atoms with Gasteiger partial charge in [-0.25, -0.2) is 0 Å². The number of carbonyl (C=O) groups is 1. The van der Waals surface area contributed by atoms with Crippen molar-refractivity contribution < 1.29 is 4.79 Å². The summed E-state index contributed by atoms with van der Waals surface area (Å²) in [6.07, 6.45) is 1.30. The van der Waals surface area contributed by atoms with E-state index in [0.29, 0.717) is 11.1 Å². The standard InChI is InChI=1S/C21H25NOS3/c1-16-3-5-17(6-4-16)15-24-14-11-22-20(23)18-7-9-19(10-8-18)21-25-12-2-13-26-21/h3-10,21H,2,11-15H2,1H3,(H,22,23). The third kappa shape index (κ3) is 6.00. The second kappa shape index (κ2) is 10.3. The van der Waals surface area contributed by atoms with E-state index in [0.717, 1.165) is 17.1 Å². The summed E-state index contributed by atoms with van der Waals surface area (Å²) in [5.41, 5.74) is 4.70. The Morgan fingerprint density at radius 3 is 2.46 bits per heavy atom. The topological polar surface area (TPSA) is 29.1 Å². The molecule has 0 radical (unpaired) electrons. The smallest absolute Gasteiger partial charge is 0.251 e. The van der Waals surface area contributed by atoms with Gasteiger partial charge in [0.15, 0.2) is 0 Å². The number of aryl methyl sites for hydroxylation is 1. The first-order chi connectivity index (χ1) is 12.7. The molecule has 3 rings (SSSR count). The number of benzene rings is 2. The second-order valence-electron chi connectivity index (χ2n) is 6.34. The molecule has 0 saturated carbocycles. The van der Waals surface area contributed by atoms with Crippen LogP contribution in [0.4, 0.5) is 0 Å². The first-order valence-corrected chi connectivity index (χ1v) is 12.2. The molecule has 0 atom stereocenters. The zero-order valence-electron chi connectivity index (χ0n) is 15.1. The summed E-state index contributed by atoms with van der Waals surface area (Å²) >= 11 is 5.87. The molecule has 5 heteroatoms. The van der Waals surface area contributed by atoms with Gasteiger partial charge >= 0.3 is 0 Å². The Bertz CT molecular complexity index is 694. The van der Waals surface area contributed by atoms with Gasteiger partial charge in [-0.15, -0.1) is 23.5 Å². The predicted molar refractivity (Wildman–Crippen MR) is 118 cm³/mol. The summed E-state index contributed by atoms with van der Waals surface area (Å²) in [5, 5.41) is 3.02. The monoisotopic (exact) mass is 403 g/mol. The van der Waals surface area contributed by atoms with E-state index in [1.54, 1.807) is 0 Å². The van der Waals surface area contributed by atoms with Crippen LogP contribution in [0.25, 0.3) is 0 Å². The van der Waals surface area contributed by atoms with Gasteiger partial charge in [-0.2, -0.15) is 11.8 Å². The van der Waals surface area contributed by atoms with Crippen molar-refractivity contribution in [2.45, 2.75) is 23.7 Å². The fourth-order valence-corrected chi connectivity index (χ4v) is 6.40. The molecule has 2 nitrogen and oxygen atoms in total. The summed E-state index contributed by atoms with van der Waals surface area (Å²) < 4.78 is 0.527.